The average molecular weight is 258 g/mol. The fraction of sp³-hybridized carbons (Fsp3) is 0.500. The third-order valence-corrected chi connectivity index (χ3v) is 3.60. The van der Waals surface area contributed by atoms with Crippen LogP contribution in [-0.2, 0) is 0 Å². The molecule has 5 nitrogen and oxygen atoms in total. The highest BCUT2D eigenvalue weighted by Crippen LogP contribution is 2.18. The average Bonchev–Trinajstić information content (AvgIpc) is 2.48. The number of aromatic nitrogens is 1. The number of hydrogen-bond acceptors (Lipinski definition) is 4. The first-order chi connectivity index (χ1) is 9.22. The van der Waals surface area contributed by atoms with Gasteiger partial charge in [0.2, 0.25) is 0 Å². The summed E-state index contributed by atoms with van der Waals surface area (Å²) in [5, 5.41) is 15.0. The molecular weight excluding hydrogens is 240 g/mol. The maximum atomic E-state index is 12.0. The Morgan fingerprint density at radius 3 is 2.53 bits per heavy atom. The van der Waals surface area contributed by atoms with Crippen molar-refractivity contribution in [2.24, 2.45) is 0 Å². The molecule has 1 aliphatic carbocycles. The van der Waals surface area contributed by atoms with Crippen LogP contribution in [-0.4, -0.2) is 30.0 Å². The molecule has 1 aromatic rings. The molecule has 100 valence electrons. The Morgan fingerprint density at radius 1 is 1.32 bits per heavy atom. The van der Waals surface area contributed by atoms with Crippen molar-refractivity contribution in [3.63, 3.8) is 0 Å². The van der Waals surface area contributed by atoms with Gasteiger partial charge in [-0.25, -0.2) is 4.98 Å². The predicted molar refractivity (Wildman–Crippen MR) is 71.5 cm³/mol. The summed E-state index contributed by atoms with van der Waals surface area (Å²) in [6.07, 6.45) is 5.58. The number of carbonyl (C=O) groups is 1. The first-order valence-electron chi connectivity index (χ1n) is 6.57. The Hall–Kier alpha value is -1.93. The summed E-state index contributed by atoms with van der Waals surface area (Å²) in [6, 6.07) is 5.99. The Morgan fingerprint density at radius 2 is 2.00 bits per heavy atom. The maximum absolute atomic E-state index is 12.0. The molecule has 1 aliphatic rings. The van der Waals surface area contributed by atoms with Gasteiger partial charge in [-0.05, 0) is 44.9 Å². The first-order valence-corrected chi connectivity index (χ1v) is 6.57. The van der Waals surface area contributed by atoms with E-state index in [-0.39, 0.29) is 11.9 Å². The van der Waals surface area contributed by atoms with Crippen LogP contribution in [0.4, 0.5) is 0 Å². The largest absolute Gasteiger partial charge is 0.348 e. The number of nitriles is 1. The number of nitrogens with zero attached hydrogens (tertiary/aromatic N) is 2. The molecule has 1 amide bonds. The molecule has 1 fully saturated rings. The van der Waals surface area contributed by atoms with Crippen molar-refractivity contribution in [1.29, 1.82) is 5.26 Å². The summed E-state index contributed by atoms with van der Waals surface area (Å²) in [4.78, 5) is 16.0. The molecule has 0 spiro atoms. The second kappa shape index (κ2) is 6.30. The van der Waals surface area contributed by atoms with Gasteiger partial charge in [0, 0.05) is 18.3 Å². The second-order valence-corrected chi connectivity index (χ2v) is 4.85. The minimum atomic E-state index is -0.155. The van der Waals surface area contributed by atoms with Crippen LogP contribution in [0, 0.1) is 11.3 Å². The van der Waals surface area contributed by atoms with Gasteiger partial charge < -0.3 is 10.6 Å². The number of amides is 1. The Labute approximate surface area is 113 Å². The zero-order valence-electron chi connectivity index (χ0n) is 11.0. The standard InChI is InChI=1S/C14H18N4O/c1-16-11-3-5-12(6-4-11)18-14(19)13-7-2-10(8-15)9-17-13/h2,7,9,11-12,16H,3-6H2,1H3,(H,18,19). The van der Waals surface area contributed by atoms with E-state index >= 15 is 0 Å². The molecule has 0 aromatic carbocycles. The van der Waals surface area contributed by atoms with Crippen molar-refractivity contribution in [2.75, 3.05) is 7.05 Å². The number of carbonyl (C=O) groups excluding carboxylic acids is 1. The third kappa shape index (κ3) is 3.52. The van der Waals surface area contributed by atoms with Crippen LogP contribution in [0.3, 0.4) is 0 Å². The van der Waals surface area contributed by atoms with Crippen LogP contribution in [0.2, 0.25) is 0 Å². The summed E-state index contributed by atoms with van der Waals surface area (Å²) in [5.74, 6) is -0.155. The van der Waals surface area contributed by atoms with E-state index in [1.165, 1.54) is 6.20 Å². The van der Waals surface area contributed by atoms with E-state index in [9.17, 15) is 4.79 Å². The van der Waals surface area contributed by atoms with E-state index in [0.717, 1.165) is 25.7 Å². The summed E-state index contributed by atoms with van der Waals surface area (Å²) in [7, 11) is 1.98. The van der Waals surface area contributed by atoms with Gasteiger partial charge in [-0.3, -0.25) is 4.79 Å². The lowest BCUT2D eigenvalue weighted by Gasteiger charge is -2.28. The summed E-state index contributed by atoms with van der Waals surface area (Å²) in [5.41, 5.74) is 0.834. The zero-order chi connectivity index (χ0) is 13.7. The van der Waals surface area contributed by atoms with E-state index < -0.39 is 0 Å². The van der Waals surface area contributed by atoms with Gasteiger partial charge in [0.15, 0.2) is 0 Å². The van der Waals surface area contributed by atoms with Crippen molar-refractivity contribution in [3.05, 3.63) is 29.6 Å². The molecule has 0 aliphatic heterocycles. The molecule has 19 heavy (non-hydrogen) atoms. The van der Waals surface area contributed by atoms with Crippen molar-refractivity contribution in [3.8, 4) is 6.07 Å². The van der Waals surface area contributed by atoms with Gasteiger partial charge in [-0.2, -0.15) is 5.26 Å². The topological polar surface area (TPSA) is 77.8 Å². The molecule has 1 heterocycles. The molecule has 0 radical (unpaired) electrons. The minimum Gasteiger partial charge on any atom is -0.348 e. The second-order valence-electron chi connectivity index (χ2n) is 4.85. The van der Waals surface area contributed by atoms with Crippen LogP contribution in [0.15, 0.2) is 18.3 Å². The monoisotopic (exact) mass is 258 g/mol. The Balaban J connectivity index is 1.89. The fourth-order valence-corrected chi connectivity index (χ4v) is 2.38. The van der Waals surface area contributed by atoms with Crippen LogP contribution in [0.5, 0.6) is 0 Å². The molecule has 1 saturated carbocycles. The lowest BCUT2D eigenvalue weighted by molar-refractivity contribution is 0.0919. The predicted octanol–water partition coefficient (Wildman–Crippen LogP) is 1.21. The zero-order valence-corrected chi connectivity index (χ0v) is 11.0. The van der Waals surface area contributed by atoms with Gasteiger partial charge in [-0.15, -0.1) is 0 Å². The highest BCUT2D eigenvalue weighted by atomic mass is 16.1. The number of hydrogen-bond donors (Lipinski definition) is 2. The molecule has 2 rings (SSSR count). The van der Waals surface area contributed by atoms with Gasteiger partial charge in [0.05, 0.1) is 5.56 Å². The lowest BCUT2D eigenvalue weighted by atomic mass is 9.91. The van der Waals surface area contributed by atoms with E-state index in [1.54, 1.807) is 12.1 Å². The van der Waals surface area contributed by atoms with Gasteiger partial charge in [0.25, 0.3) is 5.91 Å². The number of rotatable bonds is 3. The SMILES string of the molecule is CNC1CCC(NC(=O)c2ccc(C#N)cn2)CC1. The highest BCUT2D eigenvalue weighted by molar-refractivity contribution is 5.92. The molecule has 0 bridgehead atoms. The molecule has 0 unspecified atom stereocenters. The van der Waals surface area contributed by atoms with E-state index in [1.807, 2.05) is 13.1 Å². The van der Waals surface area contributed by atoms with Crippen LogP contribution in [0.1, 0.15) is 41.7 Å². The molecule has 1 aromatic heterocycles. The lowest BCUT2D eigenvalue weighted by Crippen LogP contribution is -2.41. The summed E-state index contributed by atoms with van der Waals surface area (Å²) in [6.45, 7) is 0. The van der Waals surface area contributed by atoms with Gasteiger partial charge >= 0.3 is 0 Å². The molecule has 0 saturated heterocycles. The number of nitrogens with one attached hydrogen (secondary N) is 2. The maximum Gasteiger partial charge on any atom is 0.270 e. The molecule has 2 N–H and O–H groups in total. The first kappa shape index (κ1) is 13.5. The Kier molecular flexibility index (Phi) is 4.48. The van der Waals surface area contributed by atoms with Crippen molar-refractivity contribution >= 4 is 5.91 Å². The van der Waals surface area contributed by atoms with Crippen LogP contribution in [0.25, 0.3) is 0 Å². The molecule has 0 atom stereocenters. The summed E-state index contributed by atoms with van der Waals surface area (Å²) >= 11 is 0. The van der Waals surface area contributed by atoms with Crippen LogP contribution >= 0.6 is 0 Å². The van der Waals surface area contributed by atoms with E-state index in [0.29, 0.717) is 17.3 Å². The van der Waals surface area contributed by atoms with E-state index in [2.05, 4.69) is 15.6 Å². The Bertz CT molecular complexity index is 469. The van der Waals surface area contributed by atoms with Crippen LogP contribution < -0.4 is 10.6 Å². The quantitative estimate of drug-likeness (QED) is 0.854. The molecular formula is C14H18N4O. The van der Waals surface area contributed by atoms with Crippen molar-refractivity contribution < 1.29 is 4.79 Å². The fourth-order valence-electron chi connectivity index (χ4n) is 2.38. The molecule has 5 heteroatoms. The third-order valence-electron chi connectivity index (χ3n) is 3.60. The van der Waals surface area contributed by atoms with Gasteiger partial charge in [0.1, 0.15) is 11.8 Å². The van der Waals surface area contributed by atoms with E-state index in [4.69, 9.17) is 5.26 Å². The highest BCUT2D eigenvalue weighted by Gasteiger charge is 2.21. The van der Waals surface area contributed by atoms with Crippen molar-refractivity contribution in [1.82, 2.24) is 15.6 Å². The van der Waals surface area contributed by atoms with Gasteiger partial charge in [-0.1, -0.05) is 0 Å². The normalized spacial score (nSPS) is 22.5. The number of pyridine rings is 1. The minimum absolute atomic E-state index is 0.155. The summed E-state index contributed by atoms with van der Waals surface area (Å²) < 4.78 is 0. The smallest absolute Gasteiger partial charge is 0.270 e. The van der Waals surface area contributed by atoms with Crippen molar-refractivity contribution in [2.45, 2.75) is 37.8 Å².